The van der Waals surface area contributed by atoms with E-state index in [0.717, 1.165) is 42.1 Å². The number of benzene rings is 1. The van der Waals surface area contributed by atoms with Crippen molar-refractivity contribution in [3.63, 3.8) is 0 Å². The highest BCUT2D eigenvalue weighted by atomic mass is 32.2. The molecule has 1 aromatic heterocycles. The lowest BCUT2D eigenvalue weighted by Crippen LogP contribution is -2.58. The van der Waals surface area contributed by atoms with Gasteiger partial charge in [0.2, 0.25) is 0 Å². The molecule has 5 unspecified atom stereocenters. The minimum atomic E-state index is -1.37. The van der Waals surface area contributed by atoms with Gasteiger partial charge in [0.1, 0.15) is 29.9 Å². The molecule has 7 N–H and O–H groups in total. The predicted molar refractivity (Wildman–Crippen MR) is 125 cm³/mol. The van der Waals surface area contributed by atoms with Gasteiger partial charge in [-0.05, 0) is 30.9 Å². The average molecular weight is 483 g/mol. The van der Waals surface area contributed by atoms with Crippen molar-refractivity contribution in [2.24, 2.45) is 0 Å². The van der Waals surface area contributed by atoms with E-state index in [2.05, 4.69) is 21.3 Å². The van der Waals surface area contributed by atoms with Crippen LogP contribution in [0.4, 0.5) is 0 Å². The van der Waals surface area contributed by atoms with Gasteiger partial charge in [-0.15, -0.1) is 11.8 Å². The van der Waals surface area contributed by atoms with Crippen molar-refractivity contribution in [2.75, 3.05) is 13.2 Å². The van der Waals surface area contributed by atoms with Gasteiger partial charge in [-0.2, -0.15) is 0 Å². The van der Waals surface area contributed by atoms with E-state index in [9.17, 15) is 25.7 Å². The van der Waals surface area contributed by atoms with Crippen molar-refractivity contribution < 1.29 is 35.3 Å². The monoisotopic (exact) mass is 482 g/mol. The Kier molecular flexibility index (Phi) is 8.66. The van der Waals surface area contributed by atoms with Gasteiger partial charge in [-0.1, -0.05) is 31.0 Å². The Labute approximate surface area is 197 Å². The number of aliphatic hydroxyl groups excluding tert-OH is 4. The molecule has 0 bridgehead atoms. The first kappa shape index (κ1) is 24.9. The van der Waals surface area contributed by atoms with Crippen LogP contribution in [0.3, 0.4) is 0 Å². The predicted octanol–water partition coefficient (Wildman–Crippen LogP) is 1.00. The number of aromatic nitrogens is 1. The Hall–Kier alpha value is -1.21. The highest BCUT2D eigenvalue weighted by Crippen LogP contribution is 2.37. The average Bonchev–Trinajstić information content (AvgIpc) is 3.23. The lowest BCUT2D eigenvalue weighted by molar-refractivity contribution is -0.246. The summed E-state index contributed by atoms with van der Waals surface area (Å²) in [7, 11) is 0. The van der Waals surface area contributed by atoms with Crippen molar-refractivity contribution in [3.05, 3.63) is 36.0 Å². The molecule has 10 heteroatoms. The topological polar surface area (TPSA) is 147 Å². The second-order valence-corrected chi connectivity index (χ2v) is 10.3. The number of rotatable bonds is 9. The zero-order valence-electron chi connectivity index (χ0n) is 18.4. The molecule has 1 saturated heterocycles. The van der Waals surface area contributed by atoms with Crippen LogP contribution in [0.25, 0.3) is 10.9 Å². The molecule has 2 aliphatic rings. The molecule has 0 spiro atoms. The minimum Gasteiger partial charge on any atom is -0.394 e. The molecule has 2 fully saturated rings. The van der Waals surface area contributed by atoms with E-state index in [0.29, 0.717) is 6.42 Å². The molecule has 0 amide bonds. The molecule has 1 aliphatic carbocycles. The number of thioether (sulfide) groups is 1. The van der Waals surface area contributed by atoms with E-state index in [1.165, 1.54) is 11.8 Å². The van der Waals surface area contributed by atoms with Crippen LogP contribution in [0.5, 0.6) is 0 Å². The lowest BCUT2D eigenvalue weighted by Gasteiger charge is -2.43. The molecular weight excluding hydrogens is 448 g/mol. The Bertz CT molecular complexity index is 881. The molecular formula is C23H34N2O7S. The van der Waals surface area contributed by atoms with Crippen LogP contribution in [-0.4, -0.2) is 91.1 Å². The molecule has 2 heterocycles. The smallest absolute Gasteiger partial charge is 0.132 e. The van der Waals surface area contributed by atoms with Gasteiger partial charge in [0, 0.05) is 34.4 Å². The van der Waals surface area contributed by atoms with Gasteiger partial charge in [-0.3, -0.25) is 5.26 Å². The van der Waals surface area contributed by atoms with Crippen LogP contribution in [0, 0.1) is 0 Å². The van der Waals surface area contributed by atoms with E-state index >= 15 is 0 Å². The number of aliphatic hydroxyl groups is 4. The number of hydrogen-bond donors (Lipinski definition) is 7. The quantitative estimate of drug-likeness (QED) is 0.205. The summed E-state index contributed by atoms with van der Waals surface area (Å²) in [4.78, 5) is 7.81. The minimum absolute atomic E-state index is 0.0847. The van der Waals surface area contributed by atoms with Crippen LogP contribution in [0.1, 0.15) is 31.2 Å². The van der Waals surface area contributed by atoms with Crippen LogP contribution in [-0.2, 0) is 16.0 Å². The summed E-state index contributed by atoms with van der Waals surface area (Å²) in [5.74, 6) is 0. The second kappa shape index (κ2) is 11.5. The number of hydrogen-bond acceptors (Lipinski definition) is 9. The van der Waals surface area contributed by atoms with E-state index < -0.39 is 36.5 Å². The Morgan fingerprint density at radius 2 is 1.91 bits per heavy atom. The Morgan fingerprint density at radius 1 is 1.12 bits per heavy atom. The number of fused-ring (bicyclic) bond motifs is 1. The molecule has 2 aromatic rings. The molecule has 9 nitrogen and oxygen atoms in total. The van der Waals surface area contributed by atoms with Crippen LogP contribution in [0.2, 0.25) is 0 Å². The fourth-order valence-corrected chi connectivity index (χ4v) is 6.51. The largest absolute Gasteiger partial charge is 0.394 e. The van der Waals surface area contributed by atoms with Gasteiger partial charge in [0.25, 0.3) is 0 Å². The molecule has 1 aliphatic heterocycles. The summed E-state index contributed by atoms with van der Waals surface area (Å²) in [5, 5.41) is 54.2. The van der Waals surface area contributed by atoms with Gasteiger partial charge in [0.05, 0.1) is 13.2 Å². The van der Waals surface area contributed by atoms with Crippen molar-refractivity contribution in [1.29, 1.82) is 0 Å². The first-order valence-electron chi connectivity index (χ1n) is 11.5. The van der Waals surface area contributed by atoms with Crippen LogP contribution in [0.15, 0.2) is 30.5 Å². The highest BCUT2D eigenvalue weighted by molar-refractivity contribution is 8.00. The summed E-state index contributed by atoms with van der Waals surface area (Å²) in [6.07, 6.45) is 1.68. The summed E-state index contributed by atoms with van der Waals surface area (Å²) in [5.41, 5.74) is 1.44. The van der Waals surface area contributed by atoms with Gasteiger partial charge < -0.3 is 35.5 Å². The fourth-order valence-electron chi connectivity index (χ4n) is 4.93. The molecule has 8 atom stereocenters. The van der Waals surface area contributed by atoms with Gasteiger partial charge >= 0.3 is 0 Å². The Balaban J connectivity index is 1.44. The number of para-hydroxylation sites is 1. The molecule has 33 heavy (non-hydrogen) atoms. The zero-order valence-corrected chi connectivity index (χ0v) is 19.2. The van der Waals surface area contributed by atoms with Crippen molar-refractivity contribution in [1.82, 2.24) is 10.3 Å². The second-order valence-electron chi connectivity index (χ2n) is 8.99. The molecule has 4 rings (SSSR count). The normalized spacial score (nSPS) is 33.9. The van der Waals surface area contributed by atoms with Crippen molar-refractivity contribution >= 4 is 22.7 Å². The standard InChI is InChI=1S/C23H34N2O7S/c26-11-18-20(27)21(28)22(29)23(32-18)33-19-8-4-3-7-17(19)25-14(12-31-30)9-13-10-24-16-6-2-1-5-15(13)16/h1-2,5-6,10,14,17-30H,3-4,7-9,11-12H2/t14-,17?,18?,19?,20-,21?,22?,23-/m0/s1. The van der Waals surface area contributed by atoms with Crippen molar-refractivity contribution in [2.45, 2.75) is 79.3 Å². The third-order valence-corrected chi connectivity index (χ3v) is 8.30. The van der Waals surface area contributed by atoms with Crippen LogP contribution >= 0.6 is 11.8 Å². The van der Waals surface area contributed by atoms with Gasteiger partial charge in [0.15, 0.2) is 0 Å². The molecule has 184 valence electrons. The van der Waals surface area contributed by atoms with Crippen molar-refractivity contribution in [3.8, 4) is 0 Å². The number of ether oxygens (including phenoxy) is 1. The fraction of sp³-hybridized carbons (Fsp3) is 0.652. The summed E-state index contributed by atoms with van der Waals surface area (Å²) < 4.78 is 5.72. The summed E-state index contributed by atoms with van der Waals surface area (Å²) in [6, 6.07) is 8.03. The molecule has 1 saturated carbocycles. The van der Waals surface area contributed by atoms with E-state index in [1.54, 1.807) is 0 Å². The van der Waals surface area contributed by atoms with Crippen LogP contribution < -0.4 is 5.32 Å². The SMILES string of the molecule is OCC1O[C@@H](SC2CCCCC2N[C@H](COO)Cc2c[nH]c3ccccc23)C(O)C(O)[C@H]1O. The van der Waals surface area contributed by atoms with E-state index in [4.69, 9.17) is 4.74 Å². The maximum atomic E-state index is 10.5. The highest BCUT2D eigenvalue weighted by Gasteiger charge is 2.45. The van der Waals surface area contributed by atoms with E-state index in [1.807, 2.05) is 24.4 Å². The first-order valence-corrected chi connectivity index (χ1v) is 12.5. The van der Waals surface area contributed by atoms with E-state index in [-0.39, 0.29) is 23.9 Å². The lowest BCUT2D eigenvalue weighted by atomic mass is 9.93. The number of H-pyrrole nitrogens is 1. The third-order valence-electron chi connectivity index (χ3n) is 6.73. The first-order chi connectivity index (χ1) is 16.0. The Morgan fingerprint density at radius 3 is 2.70 bits per heavy atom. The summed E-state index contributed by atoms with van der Waals surface area (Å²) >= 11 is 1.43. The zero-order chi connectivity index (χ0) is 23.4. The summed E-state index contributed by atoms with van der Waals surface area (Å²) in [6.45, 7) is -0.303. The maximum absolute atomic E-state index is 10.5. The third kappa shape index (κ3) is 5.72. The number of nitrogens with one attached hydrogen (secondary N) is 2. The molecule has 0 radical (unpaired) electrons. The maximum Gasteiger partial charge on any atom is 0.132 e. The number of aromatic amines is 1. The van der Waals surface area contributed by atoms with Gasteiger partial charge in [-0.25, -0.2) is 4.89 Å². The molecule has 1 aromatic carbocycles.